The average molecular weight is 530 g/mol. The highest BCUT2D eigenvalue weighted by molar-refractivity contribution is 6.07. The number of nitrogens with one attached hydrogen (secondary N) is 1. The van der Waals surface area contributed by atoms with Crippen LogP contribution in [0.3, 0.4) is 0 Å². The molecule has 2 aliphatic rings. The highest BCUT2D eigenvalue weighted by Crippen LogP contribution is 2.28. The van der Waals surface area contributed by atoms with Crippen molar-refractivity contribution in [1.29, 1.82) is 0 Å². The second-order valence-corrected chi connectivity index (χ2v) is 10.6. The minimum atomic E-state index is 0.0691. The number of carbonyl (C=O) groups excluding carboxylic acids is 2. The predicted octanol–water partition coefficient (Wildman–Crippen LogP) is 4.53. The minimum Gasteiger partial charge on any atom is -0.493 e. The number of fused-ring (bicyclic) bond motifs is 1. The SMILES string of the molecule is COc1ccc(CCNC(=O)C2CCN(C3CCN(C(=O)c4cccc5ccccc45)CC3)CC2)cc1OC. The Balaban J connectivity index is 1.05. The first-order valence-electron chi connectivity index (χ1n) is 14.1. The van der Waals surface area contributed by atoms with Crippen molar-refractivity contribution in [2.75, 3.05) is 46.9 Å². The third-order valence-corrected chi connectivity index (χ3v) is 8.35. The monoisotopic (exact) mass is 529 g/mol. The summed E-state index contributed by atoms with van der Waals surface area (Å²) in [5.41, 5.74) is 1.90. The zero-order valence-electron chi connectivity index (χ0n) is 23.0. The Morgan fingerprint density at radius 2 is 1.56 bits per heavy atom. The largest absolute Gasteiger partial charge is 0.493 e. The molecule has 2 aliphatic heterocycles. The number of hydrogen-bond donors (Lipinski definition) is 1. The summed E-state index contributed by atoms with van der Waals surface area (Å²) >= 11 is 0. The third-order valence-electron chi connectivity index (χ3n) is 8.35. The van der Waals surface area contributed by atoms with Crippen LogP contribution < -0.4 is 14.8 Å². The number of hydrogen-bond acceptors (Lipinski definition) is 5. The molecular weight excluding hydrogens is 490 g/mol. The Bertz CT molecular complexity index is 1290. The molecule has 3 aromatic rings. The van der Waals surface area contributed by atoms with E-state index in [0.717, 1.165) is 80.2 Å². The molecule has 39 heavy (non-hydrogen) atoms. The lowest BCUT2D eigenvalue weighted by molar-refractivity contribution is -0.126. The van der Waals surface area contributed by atoms with Crippen LogP contribution in [-0.2, 0) is 11.2 Å². The van der Waals surface area contributed by atoms with Crippen molar-refractivity contribution in [2.24, 2.45) is 5.92 Å². The molecule has 206 valence electrons. The molecule has 2 amide bonds. The highest BCUT2D eigenvalue weighted by Gasteiger charge is 2.32. The van der Waals surface area contributed by atoms with E-state index < -0.39 is 0 Å². The van der Waals surface area contributed by atoms with Crippen molar-refractivity contribution in [2.45, 2.75) is 38.1 Å². The summed E-state index contributed by atoms with van der Waals surface area (Å²) in [6.45, 7) is 4.05. The van der Waals surface area contributed by atoms with Crippen molar-refractivity contribution in [3.63, 3.8) is 0 Å². The van der Waals surface area contributed by atoms with Crippen molar-refractivity contribution in [3.8, 4) is 11.5 Å². The summed E-state index contributed by atoms with van der Waals surface area (Å²) in [6, 6.07) is 20.4. The van der Waals surface area contributed by atoms with Gasteiger partial charge in [0.25, 0.3) is 5.91 Å². The molecule has 1 N–H and O–H groups in total. The molecular formula is C32H39N3O4. The Labute approximate surface area is 231 Å². The maximum atomic E-state index is 13.3. The van der Waals surface area contributed by atoms with Gasteiger partial charge in [-0.3, -0.25) is 9.59 Å². The number of piperidine rings is 2. The van der Waals surface area contributed by atoms with E-state index in [2.05, 4.69) is 22.3 Å². The molecule has 5 rings (SSSR count). The van der Waals surface area contributed by atoms with Gasteiger partial charge in [0.05, 0.1) is 14.2 Å². The van der Waals surface area contributed by atoms with E-state index in [9.17, 15) is 9.59 Å². The number of likely N-dealkylation sites (tertiary alicyclic amines) is 2. The topological polar surface area (TPSA) is 71.1 Å². The van der Waals surface area contributed by atoms with Crippen LogP contribution in [0.4, 0.5) is 0 Å². The Morgan fingerprint density at radius 3 is 2.31 bits per heavy atom. The lowest BCUT2D eigenvalue weighted by Crippen LogP contribution is -2.50. The summed E-state index contributed by atoms with van der Waals surface area (Å²) in [5.74, 6) is 1.77. The van der Waals surface area contributed by atoms with Crippen molar-refractivity contribution >= 4 is 22.6 Å². The highest BCUT2D eigenvalue weighted by atomic mass is 16.5. The van der Waals surface area contributed by atoms with E-state index in [0.29, 0.717) is 24.1 Å². The Kier molecular flexibility index (Phi) is 8.67. The van der Waals surface area contributed by atoms with Crippen LogP contribution in [0.15, 0.2) is 60.7 Å². The molecule has 2 heterocycles. The number of carbonyl (C=O) groups is 2. The molecule has 2 saturated heterocycles. The fourth-order valence-corrected chi connectivity index (χ4v) is 6.05. The zero-order valence-corrected chi connectivity index (χ0v) is 23.0. The van der Waals surface area contributed by atoms with Gasteiger partial charge in [-0.1, -0.05) is 42.5 Å². The molecule has 0 bridgehead atoms. The fraction of sp³-hybridized carbons (Fsp3) is 0.438. The molecule has 0 spiro atoms. The lowest BCUT2D eigenvalue weighted by atomic mass is 9.92. The predicted molar refractivity (Wildman–Crippen MR) is 153 cm³/mol. The lowest BCUT2D eigenvalue weighted by Gasteiger charge is -2.41. The van der Waals surface area contributed by atoms with Crippen molar-refractivity contribution < 1.29 is 19.1 Å². The van der Waals surface area contributed by atoms with Gasteiger partial charge in [0.2, 0.25) is 5.91 Å². The molecule has 0 saturated carbocycles. The van der Waals surface area contributed by atoms with E-state index in [1.807, 2.05) is 53.4 Å². The zero-order chi connectivity index (χ0) is 27.2. The van der Waals surface area contributed by atoms with Crippen LogP contribution in [0.25, 0.3) is 10.8 Å². The summed E-state index contributed by atoms with van der Waals surface area (Å²) < 4.78 is 10.7. The number of benzene rings is 3. The normalized spacial score (nSPS) is 17.2. The summed E-state index contributed by atoms with van der Waals surface area (Å²) in [6.07, 6.45) is 4.49. The van der Waals surface area contributed by atoms with E-state index in [1.165, 1.54) is 0 Å². The minimum absolute atomic E-state index is 0.0691. The standard InChI is InChI=1S/C32H39N3O4/c1-38-29-11-10-23(22-30(29)39-2)12-17-33-31(36)25-13-18-34(19-14-25)26-15-20-35(21-16-26)32(37)28-9-5-7-24-6-3-4-8-27(24)28/h3-11,22,25-26H,12-21H2,1-2H3,(H,33,36). The summed E-state index contributed by atoms with van der Waals surface area (Å²) in [7, 11) is 3.26. The molecule has 0 radical (unpaired) electrons. The molecule has 7 heteroatoms. The molecule has 2 fully saturated rings. The van der Waals surface area contributed by atoms with Crippen molar-refractivity contribution in [3.05, 3.63) is 71.8 Å². The van der Waals surface area contributed by atoms with Crippen LogP contribution in [0, 0.1) is 5.92 Å². The van der Waals surface area contributed by atoms with E-state index in [1.54, 1.807) is 14.2 Å². The van der Waals surface area contributed by atoms with Gasteiger partial charge in [0, 0.05) is 37.2 Å². The molecule has 0 aliphatic carbocycles. The van der Waals surface area contributed by atoms with Crippen LogP contribution in [0.5, 0.6) is 11.5 Å². The molecule has 0 aromatic heterocycles. The van der Waals surface area contributed by atoms with Gasteiger partial charge >= 0.3 is 0 Å². The van der Waals surface area contributed by atoms with E-state index >= 15 is 0 Å². The second-order valence-electron chi connectivity index (χ2n) is 10.6. The smallest absolute Gasteiger partial charge is 0.254 e. The van der Waals surface area contributed by atoms with E-state index in [-0.39, 0.29) is 17.7 Å². The number of rotatable bonds is 8. The fourth-order valence-electron chi connectivity index (χ4n) is 6.05. The van der Waals surface area contributed by atoms with Gasteiger partial charge in [-0.25, -0.2) is 0 Å². The maximum absolute atomic E-state index is 13.3. The molecule has 7 nitrogen and oxygen atoms in total. The van der Waals surface area contributed by atoms with Crippen LogP contribution in [0.2, 0.25) is 0 Å². The van der Waals surface area contributed by atoms with Gasteiger partial charge in [0.15, 0.2) is 11.5 Å². The van der Waals surface area contributed by atoms with Crippen LogP contribution >= 0.6 is 0 Å². The van der Waals surface area contributed by atoms with Gasteiger partial charge < -0.3 is 24.6 Å². The van der Waals surface area contributed by atoms with Crippen molar-refractivity contribution in [1.82, 2.24) is 15.1 Å². The van der Waals surface area contributed by atoms with Gasteiger partial charge in [0.1, 0.15) is 0 Å². The average Bonchev–Trinajstić information content (AvgIpc) is 3.00. The number of methoxy groups -OCH3 is 2. The maximum Gasteiger partial charge on any atom is 0.254 e. The first-order chi connectivity index (χ1) is 19.1. The third kappa shape index (κ3) is 6.19. The quantitative estimate of drug-likeness (QED) is 0.464. The number of ether oxygens (including phenoxy) is 2. The number of nitrogens with zero attached hydrogens (tertiary/aromatic N) is 2. The Morgan fingerprint density at radius 1 is 0.846 bits per heavy atom. The Hall–Kier alpha value is -3.58. The first kappa shape index (κ1) is 27.0. The number of amides is 2. The van der Waals surface area contributed by atoms with Gasteiger partial charge in [-0.2, -0.15) is 0 Å². The molecule has 0 atom stereocenters. The van der Waals surface area contributed by atoms with E-state index in [4.69, 9.17) is 9.47 Å². The molecule has 3 aromatic carbocycles. The van der Waals surface area contributed by atoms with Crippen LogP contribution in [0.1, 0.15) is 41.6 Å². The molecule has 0 unspecified atom stereocenters. The second kappa shape index (κ2) is 12.5. The summed E-state index contributed by atoms with van der Waals surface area (Å²) in [4.78, 5) is 30.7. The first-order valence-corrected chi connectivity index (χ1v) is 14.1. The van der Waals surface area contributed by atoms with Crippen LogP contribution in [-0.4, -0.2) is 74.6 Å². The van der Waals surface area contributed by atoms with Gasteiger partial charge in [-0.15, -0.1) is 0 Å². The van der Waals surface area contributed by atoms with Gasteiger partial charge in [-0.05, 0) is 79.7 Å². The summed E-state index contributed by atoms with van der Waals surface area (Å²) in [5, 5.41) is 5.26.